The molecule has 1 unspecified atom stereocenters. The van der Waals surface area contributed by atoms with E-state index in [4.69, 9.17) is 4.74 Å². The Hall–Kier alpha value is -1.33. The molecule has 0 amide bonds. The second-order valence-electron chi connectivity index (χ2n) is 4.74. The molecule has 0 fully saturated rings. The van der Waals surface area contributed by atoms with E-state index in [2.05, 4.69) is 15.9 Å². The van der Waals surface area contributed by atoms with Gasteiger partial charge in [-0.25, -0.2) is 4.39 Å². The van der Waals surface area contributed by atoms with Crippen LogP contribution in [0.5, 0.6) is 5.75 Å². The second kappa shape index (κ2) is 6.20. The number of hydrogen-bond acceptors (Lipinski definition) is 3. The summed E-state index contributed by atoms with van der Waals surface area (Å²) in [4.78, 5) is 13.3. The Kier molecular flexibility index (Phi) is 4.31. The van der Waals surface area contributed by atoms with Crippen molar-refractivity contribution in [3.63, 3.8) is 0 Å². The van der Waals surface area contributed by atoms with Crippen molar-refractivity contribution in [1.82, 2.24) is 0 Å². The van der Waals surface area contributed by atoms with Gasteiger partial charge in [-0.05, 0) is 29.8 Å². The third-order valence-corrected chi connectivity index (χ3v) is 4.86. The number of rotatable bonds is 3. The van der Waals surface area contributed by atoms with Gasteiger partial charge >= 0.3 is 0 Å². The molecule has 1 aliphatic rings. The highest BCUT2D eigenvalue weighted by atomic mass is 79.9. The molecule has 2 aromatic rings. The van der Waals surface area contributed by atoms with Crippen molar-refractivity contribution in [3.05, 3.63) is 58.3 Å². The van der Waals surface area contributed by atoms with E-state index in [1.807, 2.05) is 24.3 Å². The maximum absolute atomic E-state index is 13.8. The molecule has 5 heteroatoms. The van der Waals surface area contributed by atoms with E-state index in [0.29, 0.717) is 15.8 Å². The Morgan fingerprint density at radius 2 is 2.14 bits per heavy atom. The number of para-hydroxylation sites is 1. The van der Waals surface area contributed by atoms with E-state index in [9.17, 15) is 9.18 Å². The fourth-order valence-electron chi connectivity index (χ4n) is 2.14. The molecule has 0 aromatic heterocycles. The Morgan fingerprint density at radius 3 is 2.95 bits per heavy atom. The van der Waals surface area contributed by atoms with Crippen molar-refractivity contribution in [2.75, 3.05) is 5.75 Å². The zero-order valence-corrected chi connectivity index (χ0v) is 13.4. The predicted molar refractivity (Wildman–Crippen MR) is 84.4 cm³/mol. The van der Waals surface area contributed by atoms with Gasteiger partial charge in [0.05, 0.1) is 0 Å². The van der Waals surface area contributed by atoms with Crippen LogP contribution >= 0.6 is 27.7 Å². The Balaban J connectivity index is 1.72. The minimum atomic E-state index is -0.520. The van der Waals surface area contributed by atoms with Crippen molar-refractivity contribution in [2.24, 2.45) is 0 Å². The molecule has 0 bridgehead atoms. The Labute approximate surface area is 134 Å². The van der Waals surface area contributed by atoms with E-state index in [-0.39, 0.29) is 18.0 Å². The summed E-state index contributed by atoms with van der Waals surface area (Å²) in [6.45, 7) is 0. The fraction of sp³-hybridized carbons (Fsp3) is 0.188. The lowest BCUT2D eigenvalue weighted by atomic mass is 10.1. The second-order valence-corrected chi connectivity index (χ2v) is 6.72. The van der Waals surface area contributed by atoms with Gasteiger partial charge in [-0.3, -0.25) is 4.79 Å². The summed E-state index contributed by atoms with van der Waals surface area (Å²) in [7, 11) is 0. The van der Waals surface area contributed by atoms with Crippen molar-refractivity contribution in [3.8, 4) is 5.75 Å². The van der Waals surface area contributed by atoms with Gasteiger partial charge in [-0.15, -0.1) is 11.8 Å². The lowest BCUT2D eigenvalue weighted by molar-refractivity contribution is -0.124. The molecule has 1 atom stereocenters. The minimum Gasteiger partial charge on any atom is -0.481 e. The number of thioether (sulfide) groups is 1. The van der Waals surface area contributed by atoms with Crippen LogP contribution in [0.4, 0.5) is 4.39 Å². The first-order valence-corrected chi connectivity index (χ1v) is 8.26. The molecule has 1 aliphatic heterocycles. The monoisotopic (exact) mass is 366 g/mol. The molecule has 0 saturated carbocycles. The molecule has 2 aromatic carbocycles. The topological polar surface area (TPSA) is 26.3 Å². The average Bonchev–Trinajstić information content (AvgIpc) is 2.49. The summed E-state index contributed by atoms with van der Waals surface area (Å²) in [5.41, 5.74) is 0.399. The molecule has 0 radical (unpaired) electrons. The molecular weight excluding hydrogens is 355 g/mol. The lowest BCUT2D eigenvalue weighted by Crippen LogP contribution is -2.33. The predicted octanol–water partition coefficient (Wildman–Crippen LogP) is 4.25. The van der Waals surface area contributed by atoms with E-state index < -0.39 is 6.10 Å². The molecule has 0 aliphatic carbocycles. The number of hydrogen-bond donors (Lipinski definition) is 0. The van der Waals surface area contributed by atoms with Crippen LogP contribution in [0.25, 0.3) is 0 Å². The van der Waals surface area contributed by atoms with Crippen LogP contribution in [0.1, 0.15) is 5.56 Å². The summed E-state index contributed by atoms with van der Waals surface area (Å²) in [6.07, 6.45) is -0.472. The molecule has 1 heterocycles. The lowest BCUT2D eigenvalue weighted by Gasteiger charge is -2.24. The molecule has 0 spiro atoms. The number of ether oxygens (including phenoxy) is 1. The normalized spacial score (nSPS) is 17.0. The number of Topliss-reactive ketones (excluding diaryl/α,β-unsaturated/α-hetero) is 1. The summed E-state index contributed by atoms with van der Waals surface area (Å²) in [6, 6.07) is 12.4. The SMILES string of the molecule is O=C(Cc1ccc(Br)cc1F)C1CSc2ccccc2O1. The highest BCUT2D eigenvalue weighted by Gasteiger charge is 2.26. The first-order valence-electron chi connectivity index (χ1n) is 6.48. The van der Waals surface area contributed by atoms with E-state index in [0.717, 1.165) is 10.6 Å². The number of carbonyl (C=O) groups excluding carboxylic acids is 1. The van der Waals surface area contributed by atoms with Gasteiger partial charge in [0, 0.05) is 21.5 Å². The van der Waals surface area contributed by atoms with Crippen molar-refractivity contribution >= 4 is 33.5 Å². The maximum atomic E-state index is 13.8. The molecule has 3 rings (SSSR count). The highest BCUT2D eigenvalue weighted by molar-refractivity contribution is 9.10. The van der Waals surface area contributed by atoms with Gasteiger partial charge in [-0.1, -0.05) is 34.1 Å². The number of halogens is 2. The van der Waals surface area contributed by atoms with Crippen molar-refractivity contribution < 1.29 is 13.9 Å². The number of fused-ring (bicyclic) bond motifs is 1. The quantitative estimate of drug-likeness (QED) is 0.811. The number of ketones is 1. The van der Waals surface area contributed by atoms with Crippen LogP contribution in [0.15, 0.2) is 51.8 Å². The number of carbonyl (C=O) groups is 1. The molecule has 0 N–H and O–H groups in total. The summed E-state index contributed by atoms with van der Waals surface area (Å²) in [5.74, 6) is 0.816. The van der Waals surface area contributed by atoms with Crippen LogP contribution < -0.4 is 4.74 Å². The third kappa shape index (κ3) is 3.30. The van der Waals surface area contributed by atoms with Gasteiger partial charge in [-0.2, -0.15) is 0 Å². The highest BCUT2D eigenvalue weighted by Crippen LogP contribution is 2.35. The molecular formula is C16H12BrFO2S. The van der Waals surface area contributed by atoms with E-state index in [1.165, 1.54) is 6.07 Å². The zero-order valence-electron chi connectivity index (χ0n) is 11.0. The zero-order chi connectivity index (χ0) is 14.8. The largest absolute Gasteiger partial charge is 0.481 e. The van der Waals surface area contributed by atoms with Gasteiger partial charge in [0.2, 0.25) is 0 Å². The summed E-state index contributed by atoms with van der Waals surface area (Å²) >= 11 is 4.80. The van der Waals surface area contributed by atoms with E-state index in [1.54, 1.807) is 23.9 Å². The number of benzene rings is 2. The summed E-state index contributed by atoms with van der Waals surface area (Å²) in [5, 5.41) is 0. The van der Waals surface area contributed by atoms with Gasteiger partial charge in [0.15, 0.2) is 11.9 Å². The van der Waals surface area contributed by atoms with Crippen molar-refractivity contribution in [1.29, 1.82) is 0 Å². The molecule has 0 saturated heterocycles. The smallest absolute Gasteiger partial charge is 0.178 e. The maximum Gasteiger partial charge on any atom is 0.178 e. The standard InChI is InChI=1S/C16H12BrFO2S/c17-11-6-5-10(12(18)8-11)7-13(19)15-9-21-16-4-2-1-3-14(16)20-15/h1-6,8,15H,7,9H2. The summed E-state index contributed by atoms with van der Waals surface area (Å²) < 4.78 is 20.2. The van der Waals surface area contributed by atoms with Crippen LogP contribution in [0.3, 0.4) is 0 Å². The Morgan fingerprint density at radius 1 is 1.33 bits per heavy atom. The first-order chi connectivity index (χ1) is 10.1. The van der Waals surface area contributed by atoms with Crippen LogP contribution in [0, 0.1) is 5.82 Å². The molecule has 2 nitrogen and oxygen atoms in total. The fourth-order valence-corrected chi connectivity index (χ4v) is 3.50. The first kappa shape index (κ1) is 14.6. The van der Waals surface area contributed by atoms with Crippen LogP contribution in [0.2, 0.25) is 0 Å². The van der Waals surface area contributed by atoms with Crippen LogP contribution in [-0.4, -0.2) is 17.6 Å². The van der Waals surface area contributed by atoms with Gasteiger partial charge < -0.3 is 4.74 Å². The van der Waals surface area contributed by atoms with Crippen molar-refractivity contribution in [2.45, 2.75) is 17.4 Å². The van der Waals surface area contributed by atoms with Gasteiger partial charge in [0.1, 0.15) is 11.6 Å². The minimum absolute atomic E-state index is 0.0481. The Bertz CT molecular complexity index is 690. The van der Waals surface area contributed by atoms with E-state index >= 15 is 0 Å². The average molecular weight is 367 g/mol. The van der Waals surface area contributed by atoms with Crippen LogP contribution in [-0.2, 0) is 11.2 Å². The van der Waals surface area contributed by atoms with Gasteiger partial charge in [0.25, 0.3) is 0 Å². The molecule has 108 valence electrons. The third-order valence-electron chi connectivity index (χ3n) is 3.25. The molecule has 21 heavy (non-hydrogen) atoms.